The molecule has 4 aromatic heterocycles. The second kappa shape index (κ2) is 16.4. The second-order valence-corrected chi connectivity index (χ2v) is 17.3. The Kier molecular flexibility index (Phi) is 9.47. The van der Waals surface area contributed by atoms with Gasteiger partial charge in [-0.25, -0.2) is 9.97 Å². The minimum Gasteiger partial charge on any atom is -0.309 e. The van der Waals surface area contributed by atoms with E-state index in [1.165, 1.54) is 21.5 Å². The number of pyridine rings is 2. The molecule has 0 unspecified atom stereocenters. The quantitative estimate of drug-likeness (QED) is 0.153. The van der Waals surface area contributed by atoms with E-state index in [-0.39, 0.29) is 0 Å². The molecule has 0 bridgehead atoms. The molecule has 0 fully saturated rings. The first-order valence-electron chi connectivity index (χ1n) is 23.2. The average Bonchev–Trinajstić information content (AvgIpc) is 3.94. The zero-order chi connectivity index (χ0) is 45.0. The van der Waals surface area contributed by atoms with Gasteiger partial charge in [0.05, 0.1) is 56.2 Å². The van der Waals surface area contributed by atoms with E-state index in [2.05, 4.69) is 264 Å². The van der Waals surface area contributed by atoms with Crippen molar-refractivity contribution in [2.24, 2.45) is 0 Å². The van der Waals surface area contributed by atoms with Gasteiger partial charge in [-0.3, -0.25) is 0 Å². The first-order chi connectivity index (χ1) is 33.7. The molecule has 4 nitrogen and oxygen atoms in total. The third-order valence-electron chi connectivity index (χ3n) is 13.3. The minimum atomic E-state index is 0.909. The molecule has 4 heteroatoms. The van der Waals surface area contributed by atoms with E-state index < -0.39 is 0 Å². The van der Waals surface area contributed by atoms with Crippen LogP contribution in [-0.4, -0.2) is 19.1 Å². The number of hydrogen-bond acceptors (Lipinski definition) is 2. The molecule has 0 aliphatic rings. The summed E-state index contributed by atoms with van der Waals surface area (Å²) in [4.78, 5) is 10.7. The van der Waals surface area contributed by atoms with Crippen molar-refractivity contribution in [3.05, 3.63) is 255 Å². The first-order valence-corrected chi connectivity index (χ1v) is 23.2. The Morgan fingerprint density at radius 1 is 0.221 bits per heavy atom. The summed E-state index contributed by atoms with van der Waals surface area (Å²) in [6, 6.07) is 91.4. The Hall–Kier alpha value is -9.12. The van der Waals surface area contributed by atoms with Crippen LogP contribution in [0.25, 0.3) is 122 Å². The van der Waals surface area contributed by atoms with Gasteiger partial charge in [0.2, 0.25) is 0 Å². The fraction of sp³-hybridized carbons (Fsp3) is 0. The van der Waals surface area contributed by atoms with E-state index in [1.807, 2.05) is 0 Å². The van der Waals surface area contributed by atoms with Gasteiger partial charge in [-0.1, -0.05) is 194 Å². The van der Waals surface area contributed by atoms with Gasteiger partial charge in [-0.15, -0.1) is 0 Å². The molecule has 0 N–H and O–H groups in total. The smallest absolute Gasteiger partial charge is 0.0715 e. The highest BCUT2D eigenvalue weighted by Gasteiger charge is 2.24. The normalized spacial score (nSPS) is 11.5. The molecular weight excluding hydrogens is 825 g/mol. The molecule has 0 saturated heterocycles. The number of aromatic nitrogens is 4. The number of para-hydroxylation sites is 4. The Labute approximate surface area is 394 Å². The predicted molar refractivity (Wildman–Crippen MR) is 283 cm³/mol. The highest BCUT2D eigenvalue weighted by molar-refractivity contribution is 6.12. The number of nitrogens with zero attached hydrogens (tertiary/aromatic N) is 4. The van der Waals surface area contributed by atoms with Crippen molar-refractivity contribution in [2.45, 2.75) is 0 Å². The molecule has 0 saturated carbocycles. The standard InChI is InChI=1S/C64H42N4/c1-5-21-43(22-6-1)55-37-47(38-56(65-55)44-23-7-2-8-24-44)53-41-64(68-61-35-19-15-31-51(61)52-32-16-20-36-62(52)68)54(42-63(53)67-59-33-17-13-29-49(59)50-30-14-18-34-60(50)67)48-39-57(45-25-9-3-10-26-45)66-58(40-48)46-27-11-4-12-28-46/h1-42H. The van der Waals surface area contributed by atoms with Gasteiger partial charge in [0.25, 0.3) is 0 Å². The molecule has 0 atom stereocenters. The number of rotatable bonds is 8. The number of benzene rings is 9. The molecule has 0 spiro atoms. The lowest BCUT2D eigenvalue weighted by Gasteiger charge is -2.22. The van der Waals surface area contributed by atoms with Crippen LogP contribution >= 0.6 is 0 Å². The van der Waals surface area contributed by atoms with Crippen LogP contribution in [0.1, 0.15) is 0 Å². The maximum Gasteiger partial charge on any atom is 0.0715 e. The lowest BCUT2D eigenvalue weighted by molar-refractivity contribution is 1.15. The molecule has 13 rings (SSSR count). The average molecular weight is 867 g/mol. The summed E-state index contributed by atoms with van der Waals surface area (Å²) in [7, 11) is 0. The van der Waals surface area contributed by atoms with E-state index in [0.717, 1.165) is 101 Å². The second-order valence-electron chi connectivity index (χ2n) is 17.3. The molecule has 318 valence electrons. The first kappa shape index (κ1) is 39.3. The summed E-state index contributed by atoms with van der Waals surface area (Å²) in [6.45, 7) is 0. The van der Waals surface area contributed by atoms with Crippen LogP contribution in [-0.2, 0) is 0 Å². The predicted octanol–water partition coefficient (Wildman–Crippen LogP) is 16.7. The van der Waals surface area contributed by atoms with Crippen LogP contribution in [0.15, 0.2) is 255 Å². The third-order valence-corrected chi connectivity index (χ3v) is 13.3. The van der Waals surface area contributed by atoms with Gasteiger partial charge in [-0.05, 0) is 71.8 Å². The molecular formula is C64H42N4. The lowest BCUT2D eigenvalue weighted by atomic mass is 9.92. The lowest BCUT2D eigenvalue weighted by Crippen LogP contribution is -2.04. The van der Waals surface area contributed by atoms with Crippen molar-refractivity contribution in [3.63, 3.8) is 0 Å². The summed E-state index contributed by atoms with van der Waals surface area (Å²) in [5, 5.41) is 4.81. The summed E-state index contributed by atoms with van der Waals surface area (Å²) in [5.41, 5.74) is 18.8. The van der Waals surface area contributed by atoms with Gasteiger partial charge in [0, 0.05) is 54.9 Å². The molecule has 68 heavy (non-hydrogen) atoms. The molecule has 9 aromatic carbocycles. The Balaban J connectivity index is 1.22. The largest absolute Gasteiger partial charge is 0.309 e. The van der Waals surface area contributed by atoms with Gasteiger partial charge < -0.3 is 9.13 Å². The molecule has 13 aromatic rings. The van der Waals surface area contributed by atoms with Crippen LogP contribution < -0.4 is 0 Å². The zero-order valence-electron chi connectivity index (χ0n) is 37.0. The van der Waals surface area contributed by atoms with Crippen LogP contribution in [0, 0.1) is 0 Å². The number of hydrogen-bond donors (Lipinski definition) is 0. The maximum absolute atomic E-state index is 5.37. The third kappa shape index (κ3) is 6.69. The summed E-state index contributed by atoms with van der Waals surface area (Å²) < 4.78 is 4.95. The SMILES string of the molecule is c1ccc(-c2cc(-c3cc(-n4c5ccccc5c5ccccc54)c(-c4cc(-c5ccccc5)nc(-c5ccccc5)c4)cc3-n3c4ccccc4c4ccccc43)cc(-c3ccccc3)n2)cc1. The fourth-order valence-electron chi connectivity index (χ4n) is 10.2. The number of fused-ring (bicyclic) bond motifs is 6. The summed E-state index contributed by atoms with van der Waals surface area (Å²) in [5.74, 6) is 0. The van der Waals surface area contributed by atoms with Gasteiger partial charge in [0.1, 0.15) is 0 Å². The Bertz CT molecular complexity index is 3520. The van der Waals surface area contributed by atoms with Crippen LogP contribution in [0.3, 0.4) is 0 Å². The van der Waals surface area contributed by atoms with E-state index in [1.54, 1.807) is 0 Å². The van der Waals surface area contributed by atoms with Crippen molar-refractivity contribution in [1.82, 2.24) is 19.1 Å². The zero-order valence-corrected chi connectivity index (χ0v) is 37.0. The van der Waals surface area contributed by atoms with E-state index >= 15 is 0 Å². The fourth-order valence-corrected chi connectivity index (χ4v) is 10.2. The molecule has 0 amide bonds. The van der Waals surface area contributed by atoms with E-state index in [0.29, 0.717) is 0 Å². The Morgan fingerprint density at radius 2 is 0.456 bits per heavy atom. The maximum atomic E-state index is 5.37. The van der Waals surface area contributed by atoms with Gasteiger partial charge in [-0.2, -0.15) is 0 Å². The van der Waals surface area contributed by atoms with E-state index in [9.17, 15) is 0 Å². The van der Waals surface area contributed by atoms with Crippen LogP contribution in [0.4, 0.5) is 0 Å². The topological polar surface area (TPSA) is 35.6 Å². The molecule has 0 radical (unpaired) electrons. The van der Waals surface area contributed by atoms with Crippen molar-refractivity contribution >= 4 is 43.6 Å². The summed E-state index contributed by atoms with van der Waals surface area (Å²) >= 11 is 0. The van der Waals surface area contributed by atoms with Gasteiger partial charge >= 0.3 is 0 Å². The van der Waals surface area contributed by atoms with Crippen molar-refractivity contribution < 1.29 is 0 Å². The summed E-state index contributed by atoms with van der Waals surface area (Å²) in [6.07, 6.45) is 0. The van der Waals surface area contributed by atoms with E-state index in [4.69, 9.17) is 9.97 Å². The molecule has 4 heterocycles. The van der Waals surface area contributed by atoms with Crippen LogP contribution in [0.2, 0.25) is 0 Å². The minimum absolute atomic E-state index is 0.909. The molecule has 0 aliphatic heterocycles. The van der Waals surface area contributed by atoms with Gasteiger partial charge in [0.15, 0.2) is 0 Å². The highest BCUT2D eigenvalue weighted by Crippen LogP contribution is 2.45. The highest BCUT2D eigenvalue weighted by atomic mass is 15.0. The van der Waals surface area contributed by atoms with Crippen molar-refractivity contribution in [1.29, 1.82) is 0 Å². The Morgan fingerprint density at radius 3 is 0.721 bits per heavy atom. The van der Waals surface area contributed by atoms with Crippen molar-refractivity contribution in [2.75, 3.05) is 0 Å². The van der Waals surface area contributed by atoms with Crippen LogP contribution in [0.5, 0.6) is 0 Å². The van der Waals surface area contributed by atoms with Crippen molar-refractivity contribution in [3.8, 4) is 78.7 Å². The molecule has 0 aliphatic carbocycles. The monoisotopic (exact) mass is 866 g/mol.